The quantitative estimate of drug-likeness (QED) is 0.0564. The molecule has 3 aromatic carbocycles. The van der Waals surface area contributed by atoms with Crippen molar-refractivity contribution in [3.63, 3.8) is 0 Å². The van der Waals surface area contributed by atoms with Gasteiger partial charge in [0.15, 0.2) is 0 Å². The van der Waals surface area contributed by atoms with Crippen LogP contribution in [0.2, 0.25) is 20.4 Å². The maximum atomic E-state index is 14.4. The number of alkyl halides is 6. The van der Waals surface area contributed by atoms with Gasteiger partial charge in [0, 0.05) is 12.1 Å². The van der Waals surface area contributed by atoms with E-state index in [2.05, 4.69) is 8.37 Å². The van der Waals surface area contributed by atoms with Gasteiger partial charge in [-0.05, 0) is 49.4 Å². The van der Waals surface area contributed by atoms with E-state index in [-0.39, 0.29) is 10.0 Å². The molecule has 0 aliphatic heterocycles. The van der Waals surface area contributed by atoms with E-state index in [1.807, 2.05) is 0 Å². The molecule has 0 saturated heterocycles. The first-order chi connectivity index (χ1) is 26.5. The number of ketones is 2. The van der Waals surface area contributed by atoms with Crippen LogP contribution < -0.4 is 8.37 Å². The second-order valence-corrected chi connectivity index (χ2v) is 17.7. The SMILES string of the molecule is Cc1ccc(S(=O)(=O)n2c(Cl)c(Cl)c(-n3c(C(=O)c4ccc(OS(=O)(=O)C(F)(F)F)cc4O)cc(Cl)c3Cl)c2C(=O)c2ccc(OS(=O)(=O)C(F)(F)F)cc2O)cc1. The highest BCUT2D eigenvalue weighted by atomic mass is 35.5. The normalized spacial score (nSPS) is 12.7. The largest absolute Gasteiger partial charge is 0.534 e. The van der Waals surface area contributed by atoms with Crippen LogP contribution in [0.5, 0.6) is 23.0 Å². The van der Waals surface area contributed by atoms with Crippen molar-refractivity contribution in [1.82, 2.24) is 8.54 Å². The van der Waals surface area contributed by atoms with Gasteiger partial charge in [0.1, 0.15) is 44.0 Å². The molecule has 14 nitrogen and oxygen atoms in total. The summed E-state index contributed by atoms with van der Waals surface area (Å²) in [4.78, 5) is 27.8. The summed E-state index contributed by atoms with van der Waals surface area (Å²) in [5, 5.41) is 18.3. The van der Waals surface area contributed by atoms with Crippen molar-refractivity contribution in [2.24, 2.45) is 0 Å². The van der Waals surface area contributed by atoms with Crippen LogP contribution in [-0.4, -0.2) is 66.6 Å². The third-order valence-electron chi connectivity index (χ3n) is 7.53. The Bertz CT molecular complexity index is 2880. The number of carbonyl (C=O) groups excluding carboxylic acids is 2. The molecule has 0 aliphatic rings. The monoisotopic (exact) mass is 958 g/mol. The van der Waals surface area contributed by atoms with E-state index in [9.17, 15) is 71.4 Å². The first-order valence-electron chi connectivity index (χ1n) is 14.8. The van der Waals surface area contributed by atoms with Crippen molar-refractivity contribution in [3.8, 4) is 28.7 Å². The van der Waals surface area contributed by atoms with Gasteiger partial charge in [0.2, 0.25) is 11.6 Å². The van der Waals surface area contributed by atoms with Crippen molar-refractivity contribution in [2.45, 2.75) is 22.8 Å². The van der Waals surface area contributed by atoms with Gasteiger partial charge in [-0.3, -0.25) is 14.2 Å². The van der Waals surface area contributed by atoms with E-state index in [0.717, 1.165) is 18.2 Å². The predicted octanol–water partition coefficient (Wildman–Crippen LogP) is 7.77. The Hall–Kier alpha value is -4.65. The fourth-order valence-corrected chi connectivity index (χ4v) is 8.38. The van der Waals surface area contributed by atoms with Gasteiger partial charge in [-0.1, -0.05) is 64.1 Å². The molecule has 0 bridgehead atoms. The smallest absolute Gasteiger partial charge is 0.507 e. The number of hydrogen-bond acceptors (Lipinski definition) is 12. The molecule has 2 N–H and O–H groups in total. The Morgan fingerprint density at radius 3 is 1.53 bits per heavy atom. The second kappa shape index (κ2) is 15.2. The van der Waals surface area contributed by atoms with Gasteiger partial charge in [-0.15, -0.1) is 0 Å². The molecule has 0 spiro atoms. The average Bonchev–Trinajstić information content (AvgIpc) is 3.53. The molecule has 2 aromatic heterocycles. The summed E-state index contributed by atoms with van der Waals surface area (Å²) < 4.78 is 160. The minimum atomic E-state index is -6.29. The summed E-state index contributed by atoms with van der Waals surface area (Å²) in [6.45, 7) is 1.60. The lowest BCUT2D eigenvalue weighted by Crippen LogP contribution is -2.28. The van der Waals surface area contributed by atoms with Gasteiger partial charge in [0.25, 0.3) is 10.0 Å². The maximum Gasteiger partial charge on any atom is 0.534 e. The number of aromatic nitrogens is 2. The van der Waals surface area contributed by atoms with E-state index >= 15 is 0 Å². The summed E-state index contributed by atoms with van der Waals surface area (Å²) in [6, 6.07) is 8.35. The summed E-state index contributed by atoms with van der Waals surface area (Å²) >= 11 is 25.7. The predicted molar refractivity (Wildman–Crippen MR) is 192 cm³/mol. The summed E-state index contributed by atoms with van der Waals surface area (Å²) in [5.41, 5.74) is -15.8. The third-order valence-corrected chi connectivity index (χ3v) is 12.9. The highest BCUT2D eigenvalue weighted by Crippen LogP contribution is 2.44. The van der Waals surface area contributed by atoms with E-state index in [1.165, 1.54) is 12.1 Å². The van der Waals surface area contributed by atoms with E-state index in [0.29, 0.717) is 40.5 Å². The van der Waals surface area contributed by atoms with Gasteiger partial charge in [0.05, 0.1) is 32.4 Å². The lowest BCUT2D eigenvalue weighted by Gasteiger charge is -2.16. The molecule has 5 aromatic rings. The number of phenolic OH excluding ortho intramolecular Hbond substituents is 2. The standard InChI is InChI=1S/C31H16Cl4F6N2O12S3/c1-13-2-6-16(7-3-13)56(48,49)43-25(27(47)18-9-5-15(11-22(18)45)55-58(52,53)31(39,40)41)24(23(33)29(43)35)42-20(12-19(32)28(42)34)26(46)17-8-4-14(10-21(17)44)54-57(50,51)30(36,37)38/h2-12,44-45H,1H3. The number of hydrogen-bond donors (Lipinski definition) is 2. The number of rotatable bonds is 11. The van der Waals surface area contributed by atoms with Crippen molar-refractivity contribution < 1.29 is 79.8 Å². The fraction of sp³-hybridized carbons (Fsp3) is 0.0968. The molecule has 27 heteroatoms. The van der Waals surface area contributed by atoms with Gasteiger partial charge < -0.3 is 18.6 Å². The minimum absolute atomic E-state index is 0.139. The van der Waals surface area contributed by atoms with Crippen molar-refractivity contribution in [3.05, 3.63) is 115 Å². The van der Waals surface area contributed by atoms with Crippen LogP contribution in [0.1, 0.15) is 37.7 Å². The summed E-state index contributed by atoms with van der Waals surface area (Å²) in [5.74, 6) is -7.70. The molecule has 0 radical (unpaired) electrons. The van der Waals surface area contributed by atoms with E-state index < -0.39 is 129 Å². The molecule has 5 rings (SSSR count). The van der Waals surface area contributed by atoms with Gasteiger partial charge >= 0.3 is 31.3 Å². The highest BCUT2D eigenvalue weighted by Gasteiger charge is 2.49. The van der Waals surface area contributed by atoms with Crippen LogP contribution in [0.3, 0.4) is 0 Å². The first-order valence-corrected chi connectivity index (χ1v) is 20.5. The Kier molecular flexibility index (Phi) is 11.6. The fourth-order valence-electron chi connectivity index (χ4n) is 4.90. The first kappa shape index (κ1) is 44.5. The number of nitrogens with zero attached hydrogens (tertiary/aromatic N) is 2. The zero-order valence-electron chi connectivity index (χ0n) is 27.7. The third kappa shape index (κ3) is 8.03. The molecular formula is C31H16Cl4F6N2O12S3. The number of halogens is 10. The lowest BCUT2D eigenvalue weighted by atomic mass is 10.0. The van der Waals surface area contributed by atoms with E-state index in [4.69, 9.17) is 46.4 Å². The van der Waals surface area contributed by atoms with Crippen LogP contribution in [0.25, 0.3) is 5.69 Å². The Morgan fingerprint density at radius 1 is 0.655 bits per heavy atom. The van der Waals surface area contributed by atoms with Gasteiger partial charge in [-0.25, -0.2) is 12.4 Å². The van der Waals surface area contributed by atoms with Crippen molar-refractivity contribution >= 4 is 88.2 Å². The second-order valence-electron chi connectivity index (χ2n) is 11.4. The van der Waals surface area contributed by atoms with Crippen molar-refractivity contribution in [1.29, 1.82) is 0 Å². The zero-order valence-corrected chi connectivity index (χ0v) is 33.2. The summed E-state index contributed by atoms with van der Waals surface area (Å²) in [7, 11) is -17.6. The number of phenols is 2. The average molecular weight is 960 g/mol. The molecule has 0 atom stereocenters. The Morgan fingerprint density at radius 2 is 1.10 bits per heavy atom. The van der Waals surface area contributed by atoms with Crippen LogP contribution in [0.15, 0.2) is 71.6 Å². The molecule has 0 aliphatic carbocycles. The Labute approximate surface area is 341 Å². The molecule has 0 saturated carbocycles. The van der Waals surface area contributed by atoms with Crippen LogP contribution in [0, 0.1) is 6.92 Å². The molecule has 2 heterocycles. The number of benzene rings is 3. The molecule has 58 heavy (non-hydrogen) atoms. The molecule has 0 amide bonds. The van der Waals surface area contributed by atoms with Crippen LogP contribution in [0.4, 0.5) is 26.3 Å². The maximum absolute atomic E-state index is 14.4. The highest BCUT2D eigenvalue weighted by molar-refractivity contribution is 7.90. The van der Waals surface area contributed by atoms with Crippen molar-refractivity contribution in [2.75, 3.05) is 0 Å². The van der Waals surface area contributed by atoms with E-state index in [1.54, 1.807) is 6.92 Å². The Balaban J connectivity index is 1.76. The van der Waals surface area contributed by atoms with Crippen LogP contribution >= 0.6 is 46.4 Å². The number of aromatic hydroxyl groups is 2. The zero-order chi connectivity index (χ0) is 43.7. The molecular weight excluding hydrogens is 944 g/mol. The minimum Gasteiger partial charge on any atom is -0.507 e. The molecule has 0 unspecified atom stereocenters. The number of aryl methyl sites for hydroxylation is 1. The summed E-state index contributed by atoms with van der Waals surface area (Å²) in [6.07, 6.45) is 0. The number of carbonyl (C=O) groups is 2. The molecule has 0 fully saturated rings. The van der Waals surface area contributed by atoms with Crippen LogP contribution in [-0.2, 0) is 30.3 Å². The topological polar surface area (TPSA) is 205 Å². The lowest BCUT2D eigenvalue weighted by molar-refractivity contribution is -0.0504. The molecule has 310 valence electrons. The van der Waals surface area contributed by atoms with Gasteiger partial charge in [-0.2, -0.15) is 43.2 Å².